The Morgan fingerprint density at radius 3 is 2.57 bits per heavy atom. The van der Waals surface area contributed by atoms with Gasteiger partial charge < -0.3 is 9.15 Å². The van der Waals surface area contributed by atoms with Crippen molar-refractivity contribution < 1.29 is 22.3 Å². The van der Waals surface area contributed by atoms with Gasteiger partial charge in [0.05, 0.1) is 18.8 Å². The van der Waals surface area contributed by atoms with Gasteiger partial charge in [0, 0.05) is 11.3 Å². The molecule has 0 unspecified atom stereocenters. The van der Waals surface area contributed by atoms with E-state index in [1.54, 1.807) is 12.1 Å². The number of hydrogen-bond acceptors (Lipinski definition) is 5. The van der Waals surface area contributed by atoms with E-state index in [1.807, 2.05) is 13.0 Å². The smallest absolute Gasteiger partial charge is 0.406 e. The largest absolute Gasteiger partial charge is 0.573 e. The Labute approximate surface area is 156 Å². The number of nitrogens with zero attached hydrogens (tertiary/aromatic N) is 3. The summed E-state index contributed by atoms with van der Waals surface area (Å²) in [5.41, 5.74) is 3.54. The highest BCUT2D eigenvalue weighted by Crippen LogP contribution is 2.27. The summed E-state index contributed by atoms with van der Waals surface area (Å²) in [6.45, 7) is 2.74. The van der Waals surface area contributed by atoms with Crippen molar-refractivity contribution in [2.75, 3.05) is 6.54 Å². The first-order chi connectivity index (χ1) is 13.3. The van der Waals surface area contributed by atoms with Gasteiger partial charge in [0.2, 0.25) is 0 Å². The molecule has 1 aliphatic rings. The van der Waals surface area contributed by atoms with Gasteiger partial charge in [-0.2, -0.15) is 0 Å². The van der Waals surface area contributed by atoms with Gasteiger partial charge in [-0.15, -0.1) is 13.2 Å². The van der Waals surface area contributed by atoms with Gasteiger partial charge in [-0.05, 0) is 48.9 Å². The number of halogens is 3. The van der Waals surface area contributed by atoms with Gasteiger partial charge in [0.1, 0.15) is 5.75 Å². The maximum absolute atomic E-state index is 12.3. The molecule has 6 nitrogen and oxygen atoms in total. The second-order valence-corrected chi connectivity index (χ2v) is 6.20. The van der Waals surface area contributed by atoms with Crippen LogP contribution in [0, 0.1) is 0 Å². The van der Waals surface area contributed by atoms with Crippen LogP contribution >= 0.6 is 0 Å². The highest BCUT2D eigenvalue weighted by atomic mass is 19.4. The van der Waals surface area contributed by atoms with Crippen LogP contribution in [0.1, 0.15) is 6.92 Å². The fraction of sp³-hybridized carbons (Fsp3) is 0.211. The molecule has 0 N–H and O–H groups in total. The maximum Gasteiger partial charge on any atom is 0.573 e. The summed E-state index contributed by atoms with van der Waals surface area (Å²) in [6, 6.07) is 8.60. The quantitative estimate of drug-likeness (QED) is 0.677. The molecule has 0 saturated heterocycles. The average molecular weight is 389 g/mol. The van der Waals surface area contributed by atoms with Gasteiger partial charge in [-0.3, -0.25) is 9.56 Å². The Hall–Kier alpha value is -3.36. The van der Waals surface area contributed by atoms with Gasteiger partial charge >= 0.3 is 12.1 Å². The number of hydrogen-bond donors (Lipinski definition) is 0. The molecule has 0 amide bonds. The van der Waals surface area contributed by atoms with Crippen molar-refractivity contribution in [3.05, 3.63) is 58.6 Å². The number of aromatic nitrogens is 2. The summed E-state index contributed by atoms with van der Waals surface area (Å²) >= 11 is 0. The molecule has 0 radical (unpaired) electrons. The molecule has 0 fully saturated rings. The standard InChI is InChI=1S/C19H14F3N3O3/c1-11-13(8-9-23-11)10-25-17-16(27-18(25)26)7-6-15(24-17)12-2-4-14(5-3-12)28-19(20,21)22/h2-8H,9-10H2,1H3. The highest BCUT2D eigenvalue weighted by molar-refractivity contribution is 5.99. The molecule has 0 bridgehead atoms. The highest BCUT2D eigenvalue weighted by Gasteiger charge is 2.31. The SMILES string of the molecule is CC1=NCC=C1Cn1c(=O)oc2ccc(-c3ccc(OC(F)(F)F)cc3)nc21. The zero-order valence-corrected chi connectivity index (χ0v) is 14.7. The molecule has 0 saturated carbocycles. The predicted molar refractivity (Wildman–Crippen MR) is 96.4 cm³/mol. The number of ether oxygens (including phenoxy) is 1. The summed E-state index contributed by atoms with van der Waals surface area (Å²) in [4.78, 5) is 21.0. The lowest BCUT2D eigenvalue weighted by Gasteiger charge is -2.09. The van der Waals surface area contributed by atoms with Crippen LogP contribution in [0.5, 0.6) is 5.75 Å². The monoisotopic (exact) mass is 389 g/mol. The molecule has 2 aromatic heterocycles. The first-order valence-electron chi connectivity index (χ1n) is 8.37. The fourth-order valence-electron chi connectivity index (χ4n) is 2.96. The Bertz CT molecular complexity index is 1160. The molecule has 144 valence electrons. The molecular formula is C19H14F3N3O3. The van der Waals surface area contributed by atoms with Gasteiger partial charge in [0.15, 0.2) is 11.2 Å². The predicted octanol–water partition coefficient (Wildman–Crippen LogP) is 3.96. The minimum atomic E-state index is -4.75. The fourth-order valence-corrected chi connectivity index (χ4v) is 2.96. The van der Waals surface area contributed by atoms with E-state index in [1.165, 1.54) is 28.8 Å². The van der Waals surface area contributed by atoms with Gasteiger partial charge in [-0.1, -0.05) is 6.08 Å². The number of alkyl halides is 3. The summed E-state index contributed by atoms with van der Waals surface area (Å²) in [5.74, 6) is -0.852. The van der Waals surface area contributed by atoms with Crippen molar-refractivity contribution in [1.29, 1.82) is 0 Å². The summed E-state index contributed by atoms with van der Waals surface area (Å²) in [5, 5.41) is 0. The van der Waals surface area contributed by atoms with E-state index >= 15 is 0 Å². The van der Waals surface area contributed by atoms with Crippen LogP contribution in [-0.2, 0) is 6.54 Å². The van der Waals surface area contributed by atoms with Crippen LogP contribution in [-0.4, -0.2) is 28.2 Å². The molecule has 3 aromatic rings. The lowest BCUT2D eigenvalue weighted by Crippen LogP contribution is -2.17. The topological polar surface area (TPSA) is 69.6 Å². The van der Waals surface area contributed by atoms with Crippen molar-refractivity contribution in [2.24, 2.45) is 4.99 Å². The lowest BCUT2D eigenvalue weighted by molar-refractivity contribution is -0.274. The van der Waals surface area contributed by atoms with Crippen LogP contribution < -0.4 is 10.5 Å². The molecule has 0 aliphatic carbocycles. The summed E-state index contributed by atoms with van der Waals surface area (Å²) < 4.78 is 47.4. The van der Waals surface area contributed by atoms with Crippen molar-refractivity contribution in [2.45, 2.75) is 19.8 Å². The molecule has 0 atom stereocenters. The number of allylic oxidation sites excluding steroid dienone is 1. The van der Waals surface area contributed by atoms with Crippen molar-refractivity contribution in [1.82, 2.24) is 9.55 Å². The summed E-state index contributed by atoms with van der Waals surface area (Å²) in [7, 11) is 0. The van der Waals surface area contributed by atoms with Crippen LogP contribution in [0.15, 0.2) is 62.3 Å². The van der Waals surface area contributed by atoms with Crippen LogP contribution in [0.2, 0.25) is 0 Å². The number of fused-ring (bicyclic) bond motifs is 1. The van der Waals surface area contributed by atoms with E-state index in [4.69, 9.17) is 4.42 Å². The Balaban J connectivity index is 1.68. The first kappa shape index (κ1) is 18.0. The Morgan fingerprint density at radius 1 is 1.18 bits per heavy atom. The zero-order valence-electron chi connectivity index (χ0n) is 14.7. The van der Waals surface area contributed by atoms with E-state index in [0.717, 1.165) is 11.3 Å². The van der Waals surface area contributed by atoms with Gasteiger partial charge in [-0.25, -0.2) is 9.78 Å². The molecule has 0 spiro atoms. The minimum Gasteiger partial charge on any atom is -0.406 e. The van der Waals surface area contributed by atoms with E-state index in [9.17, 15) is 18.0 Å². The molecular weight excluding hydrogens is 375 g/mol. The Morgan fingerprint density at radius 2 is 1.93 bits per heavy atom. The van der Waals surface area contributed by atoms with E-state index in [-0.39, 0.29) is 12.3 Å². The number of rotatable bonds is 4. The molecule has 9 heteroatoms. The summed E-state index contributed by atoms with van der Waals surface area (Å²) in [6.07, 6.45) is -2.81. The van der Waals surface area contributed by atoms with E-state index < -0.39 is 12.1 Å². The van der Waals surface area contributed by atoms with Crippen molar-refractivity contribution >= 4 is 16.9 Å². The van der Waals surface area contributed by atoms with E-state index in [2.05, 4.69) is 14.7 Å². The maximum atomic E-state index is 12.3. The number of aliphatic imine (C=N–C) groups is 1. The third-order valence-electron chi connectivity index (χ3n) is 4.36. The second-order valence-electron chi connectivity index (χ2n) is 6.20. The molecule has 28 heavy (non-hydrogen) atoms. The number of benzene rings is 1. The number of oxazole rings is 1. The minimum absolute atomic E-state index is 0.288. The first-order valence-corrected chi connectivity index (χ1v) is 8.37. The average Bonchev–Trinajstić information content (AvgIpc) is 3.17. The lowest BCUT2D eigenvalue weighted by atomic mass is 10.1. The molecule has 4 rings (SSSR count). The van der Waals surface area contributed by atoms with Crippen LogP contribution in [0.3, 0.4) is 0 Å². The Kier molecular flexibility index (Phi) is 4.29. The van der Waals surface area contributed by atoms with Crippen LogP contribution in [0.4, 0.5) is 13.2 Å². The molecule has 1 aliphatic heterocycles. The van der Waals surface area contributed by atoms with Crippen molar-refractivity contribution in [3.63, 3.8) is 0 Å². The zero-order chi connectivity index (χ0) is 19.9. The number of pyridine rings is 1. The third-order valence-corrected chi connectivity index (χ3v) is 4.36. The molecule has 1 aromatic carbocycles. The van der Waals surface area contributed by atoms with Crippen LogP contribution in [0.25, 0.3) is 22.5 Å². The van der Waals surface area contributed by atoms with Gasteiger partial charge in [0.25, 0.3) is 0 Å². The normalized spacial score (nSPS) is 14.3. The van der Waals surface area contributed by atoms with E-state index in [0.29, 0.717) is 29.0 Å². The third kappa shape index (κ3) is 3.55. The molecule has 3 heterocycles. The second kappa shape index (κ2) is 6.66. The van der Waals surface area contributed by atoms with Crippen molar-refractivity contribution in [3.8, 4) is 17.0 Å².